The van der Waals surface area contributed by atoms with Gasteiger partial charge < -0.3 is 9.84 Å². The number of benzene rings is 1. The Morgan fingerprint density at radius 2 is 1.95 bits per heavy atom. The number of carboxylic acid groups (broad SMARTS) is 1. The summed E-state index contributed by atoms with van der Waals surface area (Å²) >= 11 is 0. The molecule has 0 radical (unpaired) electrons. The summed E-state index contributed by atoms with van der Waals surface area (Å²) in [4.78, 5) is 26.1. The quantitative estimate of drug-likeness (QED) is 0.651. The van der Waals surface area contributed by atoms with E-state index in [1.165, 1.54) is 12.3 Å². The molecule has 5 nitrogen and oxygen atoms in total. The number of nitrogens with zero attached hydrogens (tertiary/aromatic N) is 1. The average molecular weight is 283 g/mol. The van der Waals surface area contributed by atoms with Crippen molar-refractivity contribution >= 4 is 17.8 Å². The normalized spacial score (nSPS) is 10.5. The molecular formula is C16H13NO4. The van der Waals surface area contributed by atoms with Crippen LogP contribution in [0, 0.1) is 0 Å². The number of hydrogen-bond acceptors (Lipinski definition) is 4. The Hall–Kier alpha value is -2.95. The Labute approximate surface area is 121 Å². The number of carboxylic acids is 1. The molecular weight excluding hydrogens is 270 g/mol. The van der Waals surface area contributed by atoms with E-state index < -0.39 is 5.97 Å². The molecule has 0 aliphatic heterocycles. The van der Waals surface area contributed by atoms with Crippen molar-refractivity contribution in [2.75, 3.05) is 6.61 Å². The molecule has 0 fully saturated rings. The maximum atomic E-state index is 11.8. The zero-order chi connectivity index (χ0) is 15.1. The van der Waals surface area contributed by atoms with Gasteiger partial charge in [0, 0.05) is 18.0 Å². The minimum absolute atomic E-state index is 0.130. The van der Waals surface area contributed by atoms with Crippen molar-refractivity contribution in [3.05, 3.63) is 66.0 Å². The van der Waals surface area contributed by atoms with Gasteiger partial charge in [-0.1, -0.05) is 18.2 Å². The van der Waals surface area contributed by atoms with Gasteiger partial charge in [-0.3, -0.25) is 9.78 Å². The highest BCUT2D eigenvalue weighted by Crippen LogP contribution is 2.13. The summed E-state index contributed by atoms with van der Waals surface area (Å²) in [5.41, 5.74) is 1.34. The maximum Gasteiger partial charge on any atom is 0.341 e. The highest BCUT2D eigenvalue weighted by molar-refractivity contribution is 6.06. The lowest BCUT2D eigenvalue weighted by Crippen LogP contribution is -2.09. The van der Waals surface area contributed by atoms with E-state index in [-0.39, 0.29) is 12.4 Å². The highest BCUT2D eigenvalue weighted by atomic mass is 16.5. The monoisotopic (exact) mass is 283 g/mol. The number of allylic oxidation sites excluding steroid dienone is 1. The van der Waals surface area contributed by atoms with Crippen molar-refractivity contribution in [1.82, 2.24) is 4.98 Å². The molecule has 106 valence electrons. The second kappa shape index (κ2) is 7.00. The van der Waals surface area contributed by atoms with Gasteiger partial charge in [0.1, 0.15) is 5.75 Å². The molecule has 0 atom stereocenters. The zero-order valence-electron chi connectivity index (χ0n) is 11.1. The number of aromatic nitrogens is 1. The van der Waals surface area contributed by atoms with Crippen LogP contribution < -0.4 is 4.74 Å². The van der Waals surface area contributed by atoms with Gasteiger partial charge >= 0.3 is 5.97 Å². The molecule has 0 unspecified atom stereocenters. The first-order valence-electron chi connectivity index (χ1n) is 6.22. The molecule has 0 aliphatic carbocycles. The smallest absolute Gasteiger partial charge is 0.341 e. The minimum atomic E-state index is -1.03. The van der Waals surface area contributed by atoms with Crippen molar-refractivity contribution in [2.45, 2.75) is 0 Å². The van der Waals surface area contributed by atoms with Crippen LogP contribution in [0.5, 0.6) is 5.75 Å². The summed E-state index contributed by atoms with van der Waals surface area (Å²) in [5, 5.41) is 8.50. The van der Waals surface area contributed by atoms with E-state index in [0.29, 0.717) is 11.3 Å². The van der Waals surface area contributed by atoms with Crippen LogP contribution in [0.1, 0.15) is 15.9 Å². The summed E-state index contributed by atoms with van der Waals surface area (Å²) in [6.45, 7) is -0.380. The number of carbonyl (C=O) groups is 2. The fourth-order valence-corrected chi connectivity index (χ4v) is 1.60. The van der Waals surface area contributed by atoms with Crippen LogP contribution in [0.2, 0.25) is 0 Å². The van der Waals surface area contributed by atoms with E-state index in [4.69, 9.17) is 9.84 Å². The molecule has 5 heteroatoms. The third-order valence-corrected chi connectivity index (χ3v) is 2.62. The van der Waals surface area contributed by atoms with Crippen LogP contribution in [0.15, 0.2) is 54.9 Å². The molecule has 0 saturated carbocycles. The largest absolute Gasteiger partial charge is 0.482 e. The lowest BCUT2D eigenvalue weighted by molar-refractivity contribution is -0.139. The molecule has 1 heterocycles. The number of carbonyl (C=O) groups excluding carboxylic acids is 1. The van der Waals surface area contributed by atoms with Gasteiger partial charge in [-0.25, -0.2) is 4.79 Å². The van der Waals surface area contributed by atoms with E-state index >= 15 is 0 Å². The molecule has 1 N–H and O–H groups in total. The van der Waals surface area contributed by atoms with Crippen molar-refractivity contribution in [3.8, 4) is 5.75 Å². The Balaban J connectivity index is 1.98. The summed E-state index contributed by atoms with van der Waals surface area (Å²) in [7, 11) is 0. The number of aliphatic carboxylic acids is 1. The first kappa shape index (κ1) is 14.5. The van der Waals surface area contributed by atoms with Gasteiger partial charge in [-0.05, 0) is 35.9 Å². The Bertz CT molecular complexity index is 648. The fourth-order valence-electron chi connectivity index (χ4n) is 1.60. The molecule has 2 aromatic rings. The van der Waals surface area contributed by atoms with E-state index in [2.05, 4.69) is 4.98 Å². The first-order valence-corrected chi connectivity index (χ1v) is 6.22. The Morgan fingerprint density at radius 1 is 1.19 bits per heavy atom. The number of hydrogen-bond donors (Lipinski definition) is 1. The zero-order valence-corrected chi connectivity index (χ0v) is 11.1. The second-order valence-electron chi connectivity index (χ2n) is 4.19. The number of pyridine rings is 1. The predicted octanol–water partition coefficient (Wildman–Crippen LogP) is 2.44. The van der Waals surface area contributed by atoms with Crippen molar-refractivity contribution in [1.29, 1.82) is 0 Å². The van der Waals surface area contributed by atoms with Crippen LogP contribution in [0.4, 0.5) is 0 Å². The first-order chi connectivity index (χ1) is 10.1. The van der Waals surface area contributed by atoms with Gasteiger partial charge in [0.15, 0.2) is 12.4 Å². The number of ketones is 1. The molecule has 21 heavy (non-hydrogen) atoms. The average Bonchev–Trinajstić information content (AvgIpc) is 2.52. The molecule has 0 saturated heterocycles. The Morgan fingerprint density at radius 3 is 2.57 bits per heavy atom. The lowest BCUT2D eigenvalue weighted by Gasteiger charge is -2.02. The standard InChI is InChI=1S/C16H13NO4/c18-15(13-2-1-9-17-10-13)8-5-12-3-6-14(7-4-12)21-11-16(19)20/h1-10H,11H2,(H,19,20)/b8-5+. The second-order valence-corrected chi connectivity index (χ2v) is 4.19. The number of rotatable bonds is 6. The van der Waals surface area contributed by atoms with E-state index in [9.17, 15) is 9.59 Å². The fraction of sp³-hybridized carbons (Fsp3) is 0.0625. The van der Waals surface area contributed by atoms with Crippen LogP contribution in [0.25, 0.3) is 6.08 Å². The lowest BCUT2D eigenvalue weighted by atomic mass is 10.1. The third kappa shape index (κ3) is 4.58. The molecule has 0 spiro atoms. The van der Waals surface area contributed by atoms with Gasteiger partial charge in [0.25, 0.3) is 0 Å². The summed E-state index contributed by atoms with van der Waals surface area (Å²) < 4.78 is 5.02. The molecule has 0 amide bonds. The number of ether oxygens (including phenoxy) is 1. The maximum absolute atomic E-state index is 11.8. The van der Waals surface area contributed by atoms with Crippen LogP contribution >= 0.6 is 0 Å². The van der Waals surface area contributed by atoms with Crippen LogP contribution in [-0.2, 0) is 4.79 Å². The molecule has 0 aliphatic rings. The van der Waals surface area contributed by atoms with E-state index in [1.54, 1.807) is 48.7 Å². The van der Waals surface area contributed by atoms with Gasteiger partial charge in [-0.2, -0.15) is 0 Å². The molecule has 0 bridgehead atoms. The van der Waals surface area contributed by atoms with Crippen molar-refractivity contribution < 1.29 is 19.4 Å². The predicted molar refractivity (Wildman–Crippen MR) is 77.2 cm³/mol. The van der Waals surface area contributed by atoms with Crippen molar-refractivity contribution in [2.24, 2.45) is 0 Å². The summed E-state index contributed by atoms with van der Waals surface area (Å²) in [6.07, 6.45) is 6.26. The SMILES string of the molecule is O=C(O)COc1ccc(/C=C/C(=O)c2cccnc2)cc1. The van der Waals surface area contributed by atoms with E-state index in [0.717, 1.165) is 5.56 Å². The minimum Gasteiger partial charge on any atom is -0.482 e. The highest BCUT2D eigenvalue weighted by Gasteiger charge is 2.01. The summed E-state index contributed by atoms with van der Waals surface area (Å²) in [5.74, 6) is -0.691. The third-order valence-electron chi connectivity index (χ3n) is 2.62. The van der Waals surface area contributed by atoms with E-state index in [1.807, 2.05) is 0 Å². The Kier molecular flexibility index (Phi) is 4.82. The van der Waals surface area contributed by atoms with Gasteiger partial charge in [0.2, 0.25) is 0 Å². The van der Waals surface area contributed by atoms with Crippen LogP contribution in [-0.4, -0.2) is 28.4 Å². The molecule has 2 rings (SSSR count). The topological polar surface area (TPSA) is 76.5 Å². The van der Waals surface area contributed by atoms with Gasteiger partial charge in [0.05, 0.1) is 0 Å². The molecule has 1 aromatic carbocycles. The summed E-state index contributed by atoms with van der Waals surface area (Å²) in [6, 6.07) is 10.2. The van der Waals surface area contributed by atoms with Crippen LogP contribution in [0.3, 0.4) is 0 Å². The van der Waals surface area contributed by atoms with Crippen molar-refractivity contribution in [3.63, 3.8) is 0 Å². The molecule has 1 aromatic heterocycles. The van der Waals surface area contributed by atoms with Gasteiger partial charge in [-0.15, -0.1) is 0 Å².